The maximum Gasteiger partial charge on any atom is 0.138 e. The zero-order chi connectivity index (χ0) is 14.5. The first-order chi connectivity index (χ1) is 9.34. The van der Waals surface area contributed by atoms with E-state index in [1.54, 1.807) is 6.20 Å². The fourth-order valence-corrected chi connectivity index (χ4v) is 4.19. The molecule has 3 unspecified atom stereocenters. The third-order valence-corrected chi connectivity index (χ3v) is 6.19. The highest BCUT2D eigenvalue weighted by atomic mass is 32.1. The van der Waals surface area contributed by atoms with Gasteiger partial charge in [-0.2, -0.15) is 0 Å². The van der Waals surface area contributed by atoms with Crippen molar-refractivity contribution >= 4 is 17.2 Å². The molecule has 2 saturated carbocycles. The summed E-state index contributed by atoms with van der Waals surface area (Å²) in [6, 6.07) is 3.75. The summed E-state index contributed by atoms with van der Waals surface area (Å²) in [5.41, 5.74) is 6.84. The Labute approximate surface area is 125 Å². The van der Waals surface area contributed by atoms with Crippen LogP contribution in [0.3, 0.4) is 0 Å². The highest BCUT2D eigenvalue weighted by Gasteiger charge is 2.62. The monoisotopic (exact) mass is 290 g/mol. The SMILES string of the molecule is CC1(C)C2CCC1(C)C(Oc1ccc(C(N)=S)nc1)C2. The van der Waals surface area contributed by atoms with Crippen LogP contribution in [0.15, 0.2) is 18.3 Å². The predicted octanol–water partition coefficient (Wildman–Crippen LogP) is 3.31. The lowest BCUT2D eigenvalue weighted by Gasteiger charge is -2.38. The van der Waals surface area contributed by atoms with Crippen molar-refractivity contribution in [1.82, 2.24) is 4.98 Å². The first kappa shape index (κ1) is 13.8. The van der Waals surface area contributed by atoms with Gasteiger partial charge in [-0.15, -0.1) is 0 Å². The minimum absolute atomic E-state index is 0.263. The number of pyridine rings is 1. The second-order valence-corrected chi connectivity index (χ2v) is 7.40. The lowest BCUT2D eigenvalue weighted by atomic mass is 9.70. The van der Waals surface area contributed by atoms with Crippen molar-refractivity contribution in [2.45, 2.75) is 46.1 Å². The Kier molecular flexibility index (Phi) is 3.05. The molecule has 0 saturated heterocycles. The summed E-state index contributed by atoms with van der Waals surface area (Å²) in [7, 11) is 0. The molecule has 2 fully saturated rings. The summed E-state index contributed by atoms with van der Waals surface area (Å²) in [5.74, 6) is 1.60. The second kappa shape index (κ2) is 4.42. The third-order valence-electron chi connectivity index (χ3n) is 5.98. The molecule has 3 nitrogen and oxygen atoms in total. The Balaban J connectivity index is 1.78. The Bertz CT molecular complexity index is 540. The number of fused-ring (bicyclic) bond motifs is 2. The smallest absolute Gasteiger partial charge is 0.138 e. The van der Waals surface area contributed by atoms with Gasteiger partial charge in [0.1, 0.15) is 16.8 Å². The van der Waals surface area contributed by atoms with Gasteiger partial charge in [0, 0.05) is 5.41 Å². The van der Waals surface area contributed by atoms with Gasteiger partial charge >= 0.3 is 0 Å². The fourth-order valence-electron chi connectivity index (χ4n) is 4.07. The summed E-state index contributed by atoms with van der Waals surface area (Å²) >= 11 is 4.91. The molecule has 0 spiro atoms. The van der Waals surface area contributed by atoms with Crippen LogP contribution in [0.5, 0.6) is 5.75 Å². The second-order valence-electron chi connectivity index (χ2n) is 6.96. The number of nitrogens with zero attached hydrogens (tertiary/aromatic N) is 1. The Morgan fingerprint density at radius 2 is 2.15 bits per heavy atom. The molecule has 0 aliphatic heterocycles. The number of rotatable bonds is 3. The lowest BCUT2D eigenvalue weighted by Crippen LogP contribution is -2.38. The highest BCUT2D eigenvalue weighted by Crippen LogP contribution is 2.66. The molecule has 4 heteroatoms. The van der Waals surface area contributed by atoms with Gasteiger partial charge in [-0.3, -0.25) is 0 Å². The van der Waals surface area contributed by atoms with E-state index in [2.05, 4.69) is 25.8 Å². The van der Waals surface area contributed by atoms with Crippen LogP contribution in [-0.4, -0.2) is 16.1 Å². The van der Waals surface area contributed by atoms with Crippen molar-refractivity contribution in [2.24, 2.45) is 22.5 Å². The maximum absolute atomic E-state index is 6.24. The standard InChI is InChI=1S/C16H22N2OS/c1-15(2)10-6-7-16(15,3)13(8-10)19-11-4-5-12(14(17)20)18-9-11/h4-5,9-10,13H,6-8H2,1-3H3,(H2,17,20). The molecule has 0 aromatic carbocycles. The number of nitrogens with two attached hydrogens (primary N) is 1. The average Bonchev–Trinajstić information content (AvgIpc) is 2.72. The van der Waals surface area contributed by atoms with Crippen LogP contribution in [0.4, 0.5) is 0 Å². The molecule has 0 amide bonds. The van der Waals surface area contributed by atoms with Gasteiger partial charge in [0.2, 0.25) is 0 Å². The quantitative estimate of drug-likeness (QED) is 0.868. The number of aromatic nitrogens is 1. The number of hydrogen-bond acceptors (Lipinski definition) is 3. The van der Waals surface area contributed by atoms with Crippen molar-refractivity contribution in [3.05, 3.63) is 24.0 Å². The molecule has 2 bridgehead atoms. The van der Waals surface area contributed by atoms with Crippen LogP contribution in [0.2, 0.25) is 0 Å². The fraction of sp³-hybridized carbons (Fsp3) is 0.625. The van der Waals surface area contributed by atoms with Crippen LogP contribution in [0.1, 0.15) is 45.7 Å². The van der Waals surface area contributed by atoms with Crippen LogP contribution < -0.4 is 10.5 Å². The van der Waals surface area contributed by atoms with E-state index in [0.29, 0.717) is 16.1 Å². The number of hydrogen-bond donors (Lipinski definition) is 1. The van der Waals surface area contributed by atoms with Crippen molar-refractivity contribution in [2.75, 3.05) is 0 Å². The maximum atomic E-state index is 6.24. The summed E-state index contributed by atoms with van der Waals surface area (Å²) < 4.78 is 6.24. The average molecular weight is 290 g/mol. The van der Waals surface area contributed by atoms with E-state index in [1.165, 1.54) is 12.8 Å². The third kappa shape index (κ3) is 1.85. The van der Waals surface area contributed by atoms with Gasteiger partial charge in [0.05, 0.1) is 11.9 Å². The molecule has 1 aromatic rings. The Morgan fingerprint density at radius 3 is 2.60 bits per heavy atom. The summed E-state index contributed by atoms with van der Waals surface area (Å²) in [4.78, 5) is 4.57. The zero-order valence-electron chi connectivity index (χ0n) is 12.3. The molecule has 108 valence electrons. The van der Waals surface area contributed by atoms with Crippen LogP contribution in [0, 0.1) is 16.7 Å². The lowest BCUT2D eigenvalue weighted by molar-refractivity contribution is 0.0299. The van der Waals surface area contributed by atoms with Crippen molar-refractivity contribution in [1.29, 1.82) is 0 Å². The topological polar surface area (TPSA) is 48.1 Å². The molecule has 3 atom stereocenters. The van der Waals surface area contributed by atoms with Gasteiger partial charge in [-0.05, 0) is 42.7 Å². The predicted molar refractivity (Wildman–Crippen MR) is 83.8 cm³/mol. The van der Waals surface area contributed by atoms with E-state index in [9.17, 15) is 0 Å². The number of thiocarbonyl (C=S) groups is 1. The minimum atomic E-state index is 0.263. The van der Waals surface area contributed by atoms with E-state index < -0.39 is 0 Å². The molecular weight excluding hydrogens is 268 g/mol. The van der Waals surface area contributed by atoms with Crippen LogP contribution in [-0.2, 0) is 0 Å². The van der Waals surface area contributed by atoms with E-state index in [4.69, 9.17) is 22.7 Å². The molecule has 2 aliphatic carbocycles. The summed E-state index contributed by atoms with van der Waals surface area (Å²) in [6.07, 6.45) is 5.77. The van der Waals surface area contributed by atoms with E-state index in [-0.39, 0.29) is 11.5 Å². The van der Waals surface area contributed by atoms with Crippen molar-refractivity contribution in [3.63, 3.8) is 0 Å². The van der Waals surface area contributed by atoms with Gasteiger partial charge in [0.15, 0.2) is 0 Å². The Hall–Kier alpha value is -1.16. The zero-order valence-corrected chi connectivity index (χ0v) is 13.2. The summed E-state index contributed by atoms with van der Waals surface area (Å²) in [5, 5.41) is 0. The molecule has 1 heterocycles. The number of ether oxygens (including phenoxy) is 1. The van der Waals surface area contributed by atoms with Crippen molar-refractivity contribution < 1.29 is 4.74 Å². The minimum Gasteiger partial charge on any atom is -0.488 e. The van der Waals surface area contributed by atoms with E-state index >= 15 is 0 Å². The molecular formula is C16H22N2OS. The van der Waals surface area contributed by atoms with Gasteiger partial charge in [-0.1, -0.05) is 33.0 Å². The van der Waals surface area contributed by atoms with Crippen molar-refractivity contribution in [3.8, 4) is 5.75 Å². The van der Waals surface area contributed by atoms with Gasteiger partial charge < -0.3 is 10.5 Å². The van der Waals surface area contributed by atoms with E-state index in [1.807, 2.05) is 12.1 Å². The molecule has 3 rings (SSSR count). The summed E-state index contributed by atoms with van der Waals surface area (Å²) in [6.45, 7) is 7.16. The van der Waals surface area contributed by atoms with E-state index in [0.717, 1.165) is 18.1 Å². The van der Waals surface area contributed by atoms with Crippen LogP contribution >= 0.6 is 12.2 Å². The largest absolute Gasteiger partial charge is 0.488 e. The van der Waals surface area contributed by atoms with Crippen LogP contribution in [0.25, 0.3) is 0 Å². The molecule has 2 aliphatic rings. The Morgan fingerprint density at radius 1 is 1.40 bits per heavy atom. The first-order valence-electron chi connectivity index (χ1n) is 7.27. The molecule has 20 heavy (non-hydrogen) atoms. The molecule has 0 radical (unpaired) electrons. The highest BCUT2D eigenvalue weighted by molar-refractivity contribution is 7.80. The molecule has 1 aromatic heterocycles. The normalized spacial score (nSPS) is 34.1. The van der Waals surface area contributed by atoms with Gasteiger partial charge in [-0.25, -0.2) is 4.98 Å². The first-order valence-corrected chi connectivity index (χ1v) is 7.68. The molecule has 2 N–H and O–H groups in total. The van der Waals surface area contributed by atoms with Gasteiger partial charge in [0.25, 0.3) is 0 Å².